The first-order chi connectivity index (χ1) is 17.4. The summed E-state index contributed by atoms with van der Waals surface area (Å²) in [5.74, 6) is 1.04. The predicted molar refractivity (Wildman–Crippen MR) is 135 cm³/mol. The Bertz CT molecular complexity index is 1060. The average Bonchev–Trinajstić information content (AvgIpc) is 3.39. The third kappa shape index (κ3) is 8.08. The molecule has 2 amide bonds. The molecule has 0 saturated carbocycles. The molecule has 1 aliphatic rings. The molecule has 0 radical (unpaired) electrons. The standard InChI is InChI=1S/C20H19F3N6O2S.2C2H6/c21-20(22,23)15-2-1-3-16(12-15)25-19(30)29-10-8-28(9-11-29)17-18(27-32-26-17)31-13-14-4-6-24-7-5-14;2*1-2/h1-7,12H,8-11,13H2,(H,25,30);2*1-2H3. The van der Waals surface area contributed by atoms with Crippen LogP contribution in [-0.2, 0) is 12.8 Å². The molecule has 1 N–H and O–H groups in total. The van der Waals surface area contributed by atoms with E-state index in [1.807, 2.05) is 44.7 Å². The highest BCUT2D eigenvalue weighted by molar-refractivity contribution is 6.99. The smallest absolute Gasteiger partial charge is 0.416 e. The Morgan fingerprint density at radius 1 is 1.03 bits per heavy atom. The zero-order chi connectivity index (χ0) is 26.6. The van der Waals surface area contributed by atoms with E-state index >= 15 is 0 Å². The summed E-state index contributed by atoms with van der Waals surface area (Å²) in [6.45, 7) is 10.1. The van der Waals surface area contributed by atoms with Crippen LogP contribution in [0.3, 0.4) is 0 Å². The highest BCUT2D eigenvalue weighted by Gasteiger charge is 2.31. The second-order valence-electron chi connectivity index (χ2n) is 7.02. The first-order valence-corrected chi connectivity index (χ1v) is 12.5. The van der Waals surface area contributed by atoms with Gasteiger partial charge in [0.1, 0.15) is 6.61 Å². The van der Waals surface area contributed by atoms with Gasteiger partial charge >= 0.3 is 12.2 Å². The van der Waals surface area contributed by atoms with E-state index in [-0.39, 0.29) is 5.69 Å². The molecule has 1 aliphatic heterocycles. The summed E-state index contributed by atoms with van der Waals surface area (Å²) in [6, 6.07) is 7.82. The molecule has 0 aliphatic carbocycles. The molecular formula is C24H31F3N6O2S. The van der Waals surface area contributed by atoms with Gasteiger partial charge in [-0.2, -0.15) is 17.5 Å². The monoisotopic (exact) mass is 524 g/mol. The third-order valence-corrected chi connectivity index (χ3v) is 5.38. The number of alkyl halides is 3. The molecular weight excluding hydrogens is 493 g/mol. The molecule has 12 heteroatoms. The van der Waals surface area contributed by atoms with E-state index in [4.69, 9.17) is 4.74 Å². The van der Waals surface area contributed by atoms with Crippen molar-refractivity contribution >= 4 is 29.3 Å². The molecule has 196 valence electrons. The molecule has 4 rings (SSSR count). The van der Waals surface area contributed by atoms with E-state index in [0.717, 1.165) is 29.4 Å². The van der Waals surface area contributed by atoms with Crippen LogP contribution in [-0.4, -0.2) is 50.8 Å². The van der Waals surface area contributed by atoms with Crippen molar-refractivity contribution in [1.29, 1.82) is 0 Å². The van der Waals surface area contributed by atoms with Gasteiger partial charge in [-0.1, -0.05) is 33.8 Å². The number of pyridine rings is 1. The number of amides is 2. The van der Waals surface area contributed by atoms with Crippen molar-refractivity contribution in [3.8, 4) is 5.88 Å². The summed E-state index contributed by atoms with van der Waals surface area (Å²) in [6.07, 6.45) is -1.10. The number of hydrogen-bond acceptors (Lipinski definition) is 7. The minimum atomic E-state index is -4.47. The number of carbonyl (C=O) groups excluding carboxylic acids is 1. The van der Waals surface area contributed by atoms with Crippen LogP contribution in [0.15, 0.2) is 48.8 Å². The first kappa shape index (κ1) is 28.8. The topological polar surface area (TPSA) is 83.5 Å². The van der Waals surface area contributed by atoms with Crippen LogP contribution in [0.1, 0.15) is 38.8 Å². The summed E-state index contributed by atoms with van der Waals surface area (Å²) in [5, 5.41) is 2.54. The minimum absolute atomic E-state index is 0.0998. The first-order valence-electron chi connectivity index (χ1n) is 11.7. The van der Waals surface area contributed by atoms with Crippen LogP contribution in [0, 0.1) is 0 Å². The third-order valence-electron chi connectivity index (χ3n) is 4.87. The largest absolute Gasteiger partial charge is 0.470 e. The number of aromatic nitrogens is 3. The Kier molecular flexibility index (Phi) is 11.4. The number of anilines is 2. The number of benzene rings is 1. The zero-order valence-electron chi connectivity index (χ0n) is 20.7. The van der Waals surface area contributed by atoms with Crippen LogP contribution in [0.25, 0.3) is 0 Å². The van der Waals surface area contributed by atoms with E-state index in [0.29, 0.717) is 44.5 Å². The molecule has 3 heterocycles. The Morgan fingerprint density at radius 3 is 2.33 bits per heavy atom. The molecule has 0 unspecified atom stereocenters. The van der Waals surface area contributed by atoms with E-state index in [2.05, 4.69) is 19.0 Å². The lowest BCUT2D eigenvalue weighted by Gasteiger charge is -2.34. The molecule has 36 heavy (non-hydrogen) atoms. The molecule has 8 nitrogen and oxygen atoms in total. The number of hydrogen-bond donors (Lipinski definition) is 1. The van der Waals surface area contributed by atoms with Crippen molar-refractivity contribution in [2.75, 3.05) is 36.4 Å². The normalized spacial score (nSPS) is 13.1. The fraction of sp³-hybridized carbons (Fsp3) is 0.417. The van der Waals surface area contributed by atoms with Gasteiger partial charge in [-0.3, -0.25) is 4.98 Å². The van der Waals surface area contributed by atoms with Crippen LogP contribution < -0.4 is 15.0 Å². The number of nitrogens with one attached hydrogen (secondary N) is 1. The Morgan fingerprint density at radius 2 is 1.69 bits per heavy atom. The maximum absolute atomic E-state index is 12.9. The fourth-order valence-corrected chi connectivity index (χ4v) is 3.71. The number of carbonyl (C=O) groups is 1. The highest BCUT2D eigenvalue weighted by atomic mass is 32.1. The van der Waals surface area contributed by atoms with Crippen molar-refractivity contribution in [2.24, 2.45) is 0 Å². The predicted octanol–water partition coefficient (Wildman–Crippen LogP) is 5.94. The van der Waals surface area contributed by atoms with Crippen LogP contribution >= 0.6 is 11.7 Å². The van der Waals surface area contributed by atoms with Crippen LogP contribution in [0.4, 0.5) is 29.5 Å². The molecule has 1 aromatic carbocycles. The summed E-state index contributed by atoms with van der Waals surface area (Å²) in [5.41, 5.74) is 0.244. The highest BCUT2D eigenvalue weighted by Crippen LogP contribution is 2.31. The lowest BCUT2D eigenvalue weighted by Crippen LogP contribution is -2.50. The van der Waals surface area contributed by atoms with Gasteiger partial charge in [-0.05, 0) is 35.9 Å². The number of rotatable bonds is 5. The molecule has 0 bridgehead atoms. The lowest BCUT2D eigenvalue weighted by atomic mass is 10.2. The number of halogens is 3. The maximum Gasteiger partial charge on any atom is 0.416 e. The van der Waals surface area contributed by atoms with E-state index in [1.165, 1.54) is 12.1 Å². The van der Waals surface area contributed by atoms with Crippen molar-refractivity contribution in [2.45, 2.75) is 40.5 Å². The second-order valence-corrected chi connectivity index (χ2v) is 7.55. The molecule has 0 atom stereocenters. The molecule has 1 saturated heterocycles. The second kappa shape index (κ2) is 14.2. The summed E-state index contributed by atoms with van der Waals surface area (Å²) in [4.78, 5) is 20.0. The van der Waals surface area contributed by atoms with Gasteiger partial charge in [-0.15, -0.1) is 4.37 Å². The van der Waals surface area contributed by atoms with Gasteiger partial charge in [0.2, 0.25) is 5.82 Å². The molecule has 1 fully saturated rings. The lowest BCUT2D eigenvalue weighted by molar-refractivity contribution is -0.137. The average molecular weight is 525 g/mol. The van der Waals surface area contributed by atoms with Gasteiger partial charge in [0.05, 0.1) is 17.3 Å². The molecule has 2 aromatic heterocycles. The Hall–Kier alpha value is -3.41. The van der Waals surface area contributed by atoms with Crippen molar-refractivity contribution in [1.82, 2.24) is 18.6 Å². The summed E-state index contributed by atoms with van der Waals surface area (Å²) >= 11 is 1.04. The van der Waals surface area contributed by atoms with Crippen LogP contribution in [0.2, 0.25) is 0 Å². The van der Waals surface area contributed by atoms with E-state index in [9.17, 15) is 18.0 Å². The number of piperazine rings is 1. The number of nitrogens with zero attached hydrogens (tertiary/aromatic N) is 5. The Labute approximate surface area is 213 Å². The number of ether oxygens (including phenoxy) is 1. The maximum atomic E-state index is 12.9. The van der Waals surface area contributed by atoms with E-state index in [1.54, 1.807) is 17.3 Å². The number of urea groups is 1. The summed E-state index contributed by atoms with van der Waals surface area (Å²) < 4.78 is 52.9. The van der Waals surface area contributed by atoms with Gasteiger partial charge in [0.15, 0.2) is 0 Å². The van der Waals surface area contributed by atoms with Crippen molar-refractivity contribution in [3.05, 3.63) is 59.9 Å². The van der Waals surface area contributed by atoms with Gasteiger partial charge in [0.25, 0.3) is 5.88 Å². The zero-order valence-corrected chi connectivity index (χ0v) is 21.6. The SMILES string of the molecule is CC.CC.O=C(Nc1cccc(C(F)(F)F)c1)N1CCN(c2nsnc2OCc2ccncc2)CC1. The van der Waals surface area contributed by atoms with Gasteiger partial charge in [-0.25, -0.2) is 4.79 Å². The van der Waals surface area contributed by atoms with E-state index < -0.39 is 17.8 Å². The Balaban J connectivity index is 0.00000109. The fourth-order valence-electron chi connectivity index (χ4n) is 3.19. The quantitative estimate of drug-likeness (QED) is 0.445. The van der Waals surface area contributed by atoms with Gasteiger partial charge in [0, 0.05) is 44.3 Å². The molecule has 0 spiro atoms. The minimum Gasteiger partial charge on any atom is -0.470 e. The van der Waals surface area contributed by atoms with Gasteiger partial charge < -0.3 is 19.9 Å². The van der Waals surface area contributed by atoms with Crippen molar-refractivity contribution in [3.63, 3.8) is 0 Å². The van der Waals surface area contributed by atoms with Crippen LogP contribution in [0.5, 0.6) is 5.88 Å². The molecule has 3 aromatic rings. The summed E-state index contributed by atoms with van der Waals surface area (Å²) in [7, 11) is 0. The van der Waals surface area contributed by atoms with Crippen molar-refractivity contribution < 1.29 is 22.7 Å².